The third-order valence-electron chi connectivity index (χ3n) is 2.86. The van der Waals surface area contributed by atoms with Gasteiger partial charge in [0.15, 0.2) is 0 Å². The highest BCUT2D eigenvalue weighted by Crippen LogP contribution is 2.14. The fourth-order valence-corrected chi connectivity index (χ4v) is 1.78. The Morgan fingerprint density at radius 2 is 2.06 bits per heavy atom. The molecule has 1 aromatic rings. The van der Waals surface area contributed by atoms with Gasteiger partial charge in [0.2, 0.25) is 5.91 Å². The number of amides is 1. The molecule has 6 nitrogen and oxygen atoms in total. The van der Waals surface area contributed by atoms with E-state index in [1.165, 1.54) is 12.1 Å². The van der Waals surface area contributed by atoms with Gasteiger partial charge in [-0.25, -0.2) is 0 Å². The largest absolute Gasteiger partial charge is 0.339 e. The SMILES string of the molecule is NC1CN(CCc2ccc([N+](=O)[O-])cc2)C1=O. The maximum Gasteiger partial charge on any atom is 0.269 e. The summed E-state index contributed by atoms with van der Waals surface area (Å²) in [5.74, 6) is -0.0214. The topological polar surface area (TPSA) is 89.5 Å². The smallest absolute Gasteiger partial charge is 0.269 e. The van der Waals surface area contributed by atoms with Crippen LogP contribution in [0.15, 0.2) is 24.3 Å². The summed E-state index contributed by atoms with van der Waals surface area (Å²) in [7, 11) is 0. The van der Waals surface area contributed by atoms with Crippen molar-refractivity contribution in [3.05, 3.63) is 39.9 Å². The van der Waals surface area contributed by atoms with Crippen LogP contribution in [0.4, 0.5) is 5.69 Å². The Labute approximate surface area is 98.2 Å². The van der Waals surface area contributed by atoms with Crippen molar-refractivity contribution in [2.45, 2.75) is 12.5 Å². The van der Waals surface area contributed by atoms with Gasteiger partial charge in [-0.3, -0.25) is 14.9 Å². The van der Waals surface area contributed by atoms with Gasteiger partial charge in [0.25, 0.3) is 5.69 Å². The molecule has 2 rings (SSSR count). The van der Waals surface area contributed by atoms with Gasteiger partial charge in [0, 0.05) is 25.2 Å². The van der Waals surface area contributed by atoms with Crippen LogP contribution < -0.4 is 5.73 Å². The van der Waals surface area contributed by atoms with E-state index in [4.69, 9.17) is 5.73 Å². The first-order valence-corrected chi connectivity index (χ1v) is 5.35. The zero-order chi connectivity index (χ0) is 12.4. The number of carbonyl (C=O) groups is 1. The van der Waals surface area contributed by atoms with Crippen molar-refractivity contribution >= 4 is 11.6 Å². The number of nitro groups is 1. The summed E-state index contributed by atoms with van der Waals surface area (Å²) in [6.07, 6.45) is 0.691. The number of rotatable bonds is 4. The van der Waals surface area contributed by atoms with Crippen molar-refractivity contribution in [1.29, 1.82) is 0 Å². The highest BCUT2D eigenvalue weighted by molar-refractivity contribution is 5.87. The molecule has 1 fully saturated rings. The molecule has 1 unspecified atom stereocenters. The first kappa shape index (κ1) is 11.5. The van der Waals surface area contributed by atoms with Gasteiger partial charge < -0.3 is 10.6 Å². The number of likely N-dealkylation sites (tertiary alicyclic amines) is 1. The summed E-state index contributed by atoms with van der Waals surface area (Å²) in [6, 6.07) is 6.02. The number of β-lactam (4-membered cyclic amide) rings is 1. The lowest BCUT2D eigenvalue weighted by molar-refractivity contribution is -0.384. The predicted octanol–water partition coefficient (Wildman–Crippen LogP) is 0.307. The van der Waals surface area contributed by atoms with Crippen LogP contribution in [0.2, 0.25) is 0 Å². The first-order valence-electron chi connectivity index (χ1n) is 5.35. The van der Waals surface area contributed by atoms with E-state index in [-0.39, 0.29) is 17.6 Å². The molecule has 1 aliphatic rings. The second-order valence-electron chi connectivity index (χ2n) is 4.06. The van der Waals surface area contributed by atoms with Crippen molar-refractivity contribution in [2.24, 2.45) is 5.73 Å². The summed E-state index contributed by atoms with van der Waals surface area (Å²) >= 11 is 0. The van der Waals surface area contributed by atoms with Crippen molar-refractivity contribution in [1.82, 2.24) is 4.90 Å². The lowest BCUT2D eigenvalue weighted by atomic mass is 10.1. The normalized spacial score (nSPS) is 19.0. The lowest BCUT2D eigenvalue weighted by Gasteiger charge is -2.36. The second-order valence-corrected chi connectivity index (χ2v) is 4.06. The quantitative estimate of drug-likeness (QED) is 0.462. The van der Waals surface area contributed by atoms with Crippen LogP contribution in [0.3, 0.4) is 0 Å². The fraction of sp³-hybridized carbons (Fsp3) is 0.364. The molecular formula is C11H13N3O3. The van der Waals surface area contributed by atoms with Gasteiger partial charge in [0.05, 0.1) is 4.92 Å². The second kappa shape index (κ2) is 4.50. The number of hydrogen-bond acceptors (Lipinski definition) is 4. The molecule has 17 heavy (non-hydrogen) atoms. The molecule has 0 bridgehead atoms. The number of benzene rings is 1. The minimum atomic E-state index is -0.429. The number of nitrogens with two attached hydrogens (primary N) is 1. The van der Waals surface area contributed by atoms with Crippen LogP contribution in [0.5, 0.6) is 0 Å². The lowest BCUT2D eigenvalue weighted by Crippen LogP contribution is -2.61. The zero-order valence-electron chi connectivity index (χ0n) is 9.20. The van der Waals surface area contributed by atoms with E-state index >= 15 is 0 Å². The molecule has 1 amide bonds. The predicted molar refractivity (Wildman–Crippen MR) is 61.4 cm³/mol. The molecule has 0 saturated carbocycles. The fourth-order valence-electron chi connectivity index (χ4n) is 1.78. The number of nitrogens with zero attached hydrogens (tertiary/aromatic N) is 2. The van der Waals surface area contributed by atoms with Crippen molar-refractivity contribution in [3.63, 3.8) is 0 Å². The molecular weight excluding hydrogens is 222 g/mol. The molecule has 90 valence electrons. The molecule has 1 heterocycles. The van der Waals surface area contributed by atoms with Crippen molar-refractivity contribution in [3.8, 4) is 0 Å². The highest BCUT2D eigenvalue weighted by Gasteiger charge is 2.32. The molecule has 1 saturated heterocycles. The number of non-ortho nitro benzene ring substituents is 1. The number of carbonyl (C=O) groups excluding carboxylic acids is 1. The molecule has 0 spiro atoms. The Bertz CT molecular complexity index is 444. The average molecular weight is 235 g/mol. The summed E-state index contributed by atoms with van der Waals surface area (Å²) in [5, 5.41) is 10.5. The Hall–Kier alpha value is -1.95. The van der Waals surface area contributed by atoms with Crippen LogP contribution in [0, 0.1) is 10.1 Å². The summed E-state index contributed by atoms with van der Waals surface area (Å²) in [4.78, 5) is 22.9. The van der Waals surface area contributed by atoms with Crippen LogP contribution in [-0.4, -0.2) is 34.9 Å². The summed E-state index contributed by atoms with van der Waals surface area (Å²) in [5.41, 5.74) is 6.52. The molecule has 2 N–H and O–H groups in total. The molecule has 0 aromatic heterocycles. The molecule has 6 heteroatoms. The number of hydrogen-bond donors (Lipinski definition) is 1. The Balaban J connectivity index is 1.87. The third kappa shape index (κ3) is 2.42. The minimum Gasteiger partial charge on any atom is -0.339 e. The monoisotopic (exact) mass is 235 g/mol. The first-order chi connectivity index (χ1) is 8.08. The van der Waals surface area contributed by atoms with Gasteiger partial charge in [0.1, 0.15) is 6.04 Å². The molecule has 1 atom stereocenters. The van der Waals surface area contributed by atoms with Gasteiger partial charge in [-0.2, -0.15) is 0 Å². The molecule has 0 aliphatic carbocycles. The van der Waals surface area contributed by atoms with Gasteiger partial charge in [-0.15, -0.1) is 0 Å². The van der Waals surface area contributed by atoms with Gasteiger partial charge in [-0.05, 0) is 12.0 Å². The van der Waals surface area contributed by atoms with Crippen LogP contribution in [-0.2, 0) is 11.2 Å². The van der Waals surface area contributed by atoms with E-state index in [1.807, 2.05) is 0 Å². The average Bonchev–Trinajstić information content (AvgIpc) is 2.34. The van der Waals surface area contributed by atoms with E-state index in [2.05, 4.69) is 0 Å². The molecule has 1 aromatic carbocycles. The van der Waals surface area contributed by atoms with Crippen LogP contribution in [0.25, 0.3) is 0 Å². The maximum absolute atomic E-state index is 11.2. The standard InChI is InChI=1S/C11H13N3O3/c12-10-7-13(11(10)15)6-5-8-1-3-9(4-2-8)14(16)17/h1-4,10H,5-7,12H2. The van der Waals surface area contributed by atoms with Crippen LogP contribution in [0.1, 0.15) is 5.56 Å². The van der Waals surface area contributed by atoms with Crippen molar-refractivity contribution < 1.29 is 9.72 Å². The Morgan fingerprint density at radius 1 is 1.41 bits per heavy atom. The minimum absolute atomic E-state index is 0.0214. The van der Waals surface area contributed by atoms with E-state index < -0.39 is 4.92 Å². The highest BCUT2D eigenvalue weighted by atomic mass is 16.6. The number of nitro benzene ring substituents is 1. The molecule has 1 aliphatic heterocycles. The third-order valence-corrected chi connectivity index (χ3v) is 2.86. The maximum atomic E-state index is 11.2. The molecule has 0 radical (unpaired) electrons. The van der Waals surface area contributed by atoms with E-state index in [0.29, 0.717) is 19.5 Å². The van der Waals surface area contributed by atoms with Crippen LogP contribution >= 0.6 is 0 Å². The van der Waals surface area contributed by atoms with Gasteiger partial charge >= 0.3 is 0 Å². The summed E-state index contributed by atoms with van der Waals surface area (Å²) < 4.78 is 0. The van der Waals surface area contributed by atoms with E-state index in [9.17, 15) is 14.9 Å². The Kier molecular flexibility index (Phi) is 3.06. The Morgan fingerprint density at radius 3 is 2.53 bits per heavy atom. The van der Waals surface area contributed by atoms with Gasteiger partial charge in [-0.1, -0.05) is 12.1 Å². The van der Waals surface area contributed by atoms with Crippen molar-refractivity contribution in [2.75, 3.05) is 13.1 Å². The zero-order valence-corrected chi connectivity index (χ0v) is 9.20. The summed E-state index contributed by atoms with van der Waals surface area (Å²) in [6.45, 7) is 1.22. The van der Waals surface area contributed by atoms with E-state index in [1.54, 1.807) is 17.0 Å². The van der Waals surface area contributed by atoms with E-state index in [0.717, 1.165) is 5.56 Å².